The molecule has 0 atom stereocenters. The fourth-order valence-corrected chi connectivity index (χ4v) is 4.13. The van der Waals surface area contributed by atoms with E-state index in [0.717, 1.165) is 22.2 Å². The van der Waals surface area contributed by atoms with E-state index in [2.05, 4.69) is 15.0 Å². The third-order valence-corrected chi connectivity index (χ3v) is 5.30. The zero-order chi connectivity index (χ0) is 21.7. The molecule has 0 saturated heterocycles. The molecular weight excluding hydrogens is 432 g/mol. The van der Waals surface area contributed by atoms with Crippen LogP contribution in [-0.2, 0) is 18.9 Å². The Kier molecular flexibility index (Phi) is 4.91. The average Bonchev–Trinajstić information content (AvgIpc) is 3.19. The Labute approximate surface area is 169 Å². The summed E-state index contributed by atoms with van der Waals surface area (Å²) in [6.07, 6.45) is -8.51. The number of fused-ring (bicyclic) bond motifs is 2. The second kappa shape index (κ2) is 7.18. The van der Waals surface area contributed by atoms with Gasteiger partial charge in [-0.05, 0) is 30.0 Å². The molecule has 4 heterocycles. The van der Waals surface area contributed by atoms with Gasteiger partial charge in [0.05, 0.1) is 17.6 Å². The Bertz CT molecular complexity index is 1220. The zero-order valence-electron chi connectivity index (χ0n) is 15.3. The van der Waals surface area contributed by atoms with Gasteiger partial charge in [-0.2, -0.15) is 13.2 Å². The second-order valence-corrected chi connectivity index (χ2v) is 7.51. The molecular formula is C18H13F6N5S. The van der Waals surface area contributed by atoms with Gasteiger partial charge in [-0.1, -0.05) is 13.0 Å². The Morgan fingerprint density at radius 2 is 1.77 bits per heavy atom. The molecule has 0 aliphatic heterocycles. The third kappa shape index (κ3) is 3.48. The van der Waals surface area contributed by atoms with Crippen LogP contribution in [0.15, 0.2) is 41.6 Å². The summed E-state index contributed by atoms with van der Waals surface area (Å²) in [6.45, 7) is 1.74. The topological polar surface area (TPSA) is 48.0 Å². The van der Waals surface area contributed by atoms with E-state index in [1.807, 2.05) is 0 Å². The first-order valence-electron chi connectivity index (χ1n) is 8.71. The maximum atomic E-state index is 13.7. The molecule has 0 aliphatic carbocycles. The Morgan fingerprint density at radius 3 is 2.43 bits per heavy atom. The molecule has 0 spiro atoms. The van der Waals surface area contributed by atoms with Gasteiger partial charge in [-0.25, -0.2) is 19.5 Å². The minimum absolute atomic E-state index is 0.00331. The lowest BCUT2D eigenvalue weighted by molar-refractivity contribution is -0.202. The molecule has 0 saturated carbocycles. The van der Waals surface area contributed by atoms with E-state index in [0.29, 0.717) is 5.75 Å². The van der Waals surface area contributed by atoms with Crippen molar-refractivity contribution in [3.63, 3.8) is 0 Å². The minimum Gasteiger partial charge on any atom is -0.283 e. The number of pyridine rings is 2. The fourth-order valence-electron chi connectivity index (χ4n) is 3.25. The van der Waals surface area contributed by atoms with Crippen molar-refractivity contribution < 1.29 is 26.3 Å². The van der Waals surface area contributed by atoms with Gasteiger partial charge < -0.3 is 0 Å². The molecule has 30 heavy (non-hydrogen) atoms. The zero-order valence-corrected chi connectivity index (χ0v) is 16.1. The van der Waals surface area contributed by atoms with Crippen LogP contribution in [0.5, 0.6) is 0 Å². The predicted molar refractivity (Wildman–Crippen MR) is 98.2 cm³/mol. The largest absolute Gasteiger partial charge is 0.490 e. The molecule has 0 fully saturated rings. The molecule has 0 aromatic carbocycles. The van der Waals surface area contributed by atoms with Crippen LogP contribution in [0.1, 0.15) is 24.1 Å². The van der Waals surface area contributed by atoms with E-state index in [1.165, 1.54) is 30.5 Å². The van der Waals surface area contributed by atoms with Crippen LogP contribution in [0, 0.1) is 0 Å². The Morgan fingerprint density at radius 1 is 1.00 bits per heavy atom. The summed E-state index contributed by atoms with van der Waals surface area (Å²) in [4.78, 5) is 12.0. The highest BCUT2D eigenvalue weighted by atomic mass is 32.2. The highest BCUT2D eigenvalue weighted by Crippen LogP contribution is 2.36. The number of imidazole rings is 2. The van der Waals surface area contributed by atoms with Crippen molar-refractivity contribution in [1.29, 1.82) is 0 Å². The number of hydrogen-bond donors (Lipinski definition) is 0. The van der Waals surface area contributed by atoms with Crippen molar-refractivity contribution in [3.05, 3.63) is 53.7 Å². The van der Waals surface area contributed by atoms with Gasteiger partial charge in [0.1, 0.15) is 22.2 Å². The first-order chi connectivity index (χ1) is 14.1. The Hall–Kier alpha value is -2.76. The number of thioether (sulfide) groups is 1. The summed E-state index contributed by atoms with van der Waals surface area (Å²) in [5.74, 6) is 0.00986. The van der Waals surface area contributed by atoms with Crippen molar-refractivity contribution >= 4 is 28.6 Å². The predicted octanol–water partition coefficient (Wildman–Crippen LogP) is 5.28. The first kappa shape index (κ1) is 20.5. The van der Waals surface area contributed by atoms with E-state index in [1.54, 1.807) is 6.92 Å². The van der Waals surface area contributed by atoms with Crippen LogP contribution >= 0.6 is 11.8 Å². The van der Waals surface area contributed by atoms with E-state index in [9.17, 15) is 26.3 Å². The van der Waals surface area contributed by atoms with Crippen LogP contribution in [0.25, 0.3) is 16.8 Å². The SMILES string of the molecule is CCSc1c(Cc2nc3ncccc3n2C(F)(F)F)nc2cccc(C(F)(F)F)n12. The number of nitrogens with zero attached hydrogens (tertiary/aromatic N) is 5. The van der Waals surface area contributed by atoms with Crippen molar-refractivity contribution in [3.8, 4) is 0 Å². The van der Waals surface area contributed by atoms with Crippen LogP contribution in [0.2, 0.25) is 0 Å². The van der Waals surface area contributed by atoms with Crippen molar-refractivity contribution in [2.45, 2.75) is 30.8 Å². The lowest BCUT2D eigenvalue weighted by atomic mass is 10.3. The molecule has 0 bridgehead atoms. The maximum absolute atomic E-state index is 13.7. The van der Waals surface area contributed by atoms with Crippen molar-refractivity contribution in [2.75, 3.05) is 5.75 Å². The summed E-state index contributed by atoms with van der Waals surface area (Å²) >= 11 is 1.07. The van der Waals surface area contributed by atoms with E-state index in [-0.39, 0.29) is 32.1 Å². The molecule has 4 aromatic heterocycles. The summed E-state index contributed by atoms with van der Waals surface area (Å²) in [5.41, 5.74) is -1.19. The summed E-state index contributed by atoms with van der Waals surface area (Å²) in [5, 5.41) is 0.133. The summed E-state index contributed by atoms with van der Waals surface area (Å²) in [6, 6.07) is 6.10. The van der Waals surface area contributed by atoms with Gasteiger partial charge >= 0.3 is 12.5 Å². The smallest absolute Gasteiger partial charge is 0.283 e. The van der Waals surface area contributed by atoms with E-state index < -0.39 is 30.4 Å². The molecule has 0 radical (unpaired) electrons. The monoisotopic (exact) mass is 445 g/mol. The molecule has 0 unspecified atom stereocenters. The number of halogens is 6. The maximum Gasteiger partial charge on any atom is 0.490 e. The lowest BCUT2D eigenvalue weighted by Gasteiger charge is -2.13. The van der Waals surface area contributed by atoms with Crippen LogP contribution < -0.4 is 0 Å². The Balaban J connectivity index is 1.93. The van der Waals surface area contributed by atoms with Crippen LogP contribution in [-0.4, -0.2) is 29.7 Å². The fraction of sp³-hybridized carbons (Fsp3) is 0.278. The highest BCUT2D eigenvalue weighted by Gasteiger charge is 2.37. The van der Waals surface area contributed by atoms with Crippen LogP contribution in [0.3, 0.4) is 0 Å². The van der Waals surface area contributed by atoms with Gasteiger partial charge in [0.15, 0.2) is 5.65 Å². The lowest BCUT2D eigenvalue weighted by Crippen LogP contribution is -2.20. The van der Waals surface area contributed by atoms with Gasteiger partial charge in [0, 0.05) is 6.20 Å². The molecule has 0 aliphatic rings. The first-order valence-corrected chi connectivity index (χ1v) is 9.69. The number of aromatic nitrogens is 5. The average molecular weight is 445 g/mol. The number of alkyl halides is 6. The number of rotatable bonds is 4. The standard InChI is InChI=1S/C18H13F6N5S/c1-2-30-16-10(26-13-7-3-6-12(28(13)16)17(19,20)21)9-14-27-15-11(5-4-8-25-15)29(14)18(22,23)24/h3-8H,2,9H2,1H3. The van der Waals surface area contributed by atoms with E-state index in [4.69, 9.17) is 0 Å². The summed E-state index contributed by atoms with van der Waals surface area (Å²) < 4.78 is 82.6. The molecule has 158 valence electrons. The molecule has 5 nitrogen and oxygen atoms in total. The van der Waals surface area contributed by atoms with Gasteiger partial charge in [0.2, 0.25) is 0 Å². The quantitative estimate of drug-likeness (QED) is 0.317. The summed E-state index contributed by atoms with van der Waals surface area (Å²) in [7, 11) is 0. The van der Waals surface area contributed by atoms with Crippen molar-refractivity contribution in [1.82, 2.24) is 23.9 Å². The second-order valence-electron chi connectivity index (χ2n) is 6.25. The molecule has 0 amide bonds. The van der Waals surface area contributed by atoms with Gasteiger partial charge in [0.25, 0.3) is 0 Å². The minimum atomic E-state index is -4.78. The molecule has 0 N–H and O–H groups in total. The number of hydrogen-bond acceptors (Lipinski definition) is 4. The normalized spacial score (nSPS) is 12.9. The van der Waals surface area contributed by atoms with Gasteiger partial charge in [-0.3, -0.25) is 4.40 Å². The molecule has 4 rings (SSSR count). The highest BCUT2D eigenvalue weighted by molar-refractivity contribution is 7.99. The van der Waals surface area contributed by atoms with E-state index >= 15 is 0 Å². The molecule has 12 heteroatoms. The third-order valence-electron chi connectivity index (χ3n) is 4.32. The molecule has 4 aromatic rings. The van der Waals surface area contributed by atoms with Crippen LogP contribution in [0.4, 0.5) is 26.3 Å². The van der Waals surface area contributed by atoms with Crippen molar-refractivity contribution in [2.24, 2.45) is 0 Å². The van der Waals surface area contributed by atoms with Gasteiger partial charge in [-0.15, -0.1) is 24.9 Å².